The molecule has 5 nitrogen and oxygen atoms in total. The lowest BCUT2D eigenvalue weighted by atomic mass is 10.2. The average Bonchev–Trinajstić information content (AvgIpc) is 2.54. The van der Waals surface area contributed by atoms with Crippen molar-refractivity contribution < 1.29 is 15.0 Å². The van der Waals surface area contributed by atoms with Crippen LogP contribution in [-0.2, 0) is 4.79 Å². The van der Waals surface area contributed by atoms with Crippen molar-refractivity contribution >= 4 is 5.91 Å². The highest BCUT2D eigenvalue weighted by molar-refractivity contribution is 5.81. The number of carbonyl (C=O) groups is 1. The Morgan fingerprint density at radius 3 is 2.25 bits per heavy atom. The van der Waals surface area contributed by atoms with E-state index >= 15 is 0 Å². The van der Waals surface area contributed by atoms with Gasteiger partial charge in [-0.1, -0.05) is 13.8 Å². The second-order valence-electron chi connectivity index (χ2n) is 4.90. The zero-order valence-electron chi connectivity index (χ0n) is 10.2. The topological polar surface area (TPSA) is 72.8 Å². The number of nitrogens with zero attached hydrogens (tertiary/aromatic N) is 1. The lowest BCUT2D eigenvalue weighted by molar-refractivity contribution is -0.125. The van der Waals surface area contributed by atoms with Crippen LogP contribution in [0.3, 0.4) is 0 Å². The Bertz CT molecular complexity index is 235. The predicted molar refractivity (Wildman–Crippen MR) is 60.9 cm³/mol. The third kappa shape index (κ3) is 3.43. The van der Waals surface area contributed by atoms with Crippen molar-refractivity contribution in [1.29, 1.82) is 0 Å². The molecule has 3 N–H and O–H groups in total. The summed E-state index contributed by atoms with van der Waals surface area (Å²) >= 11 is 0. The fourth-order valence-electron chi connectivity index (χ4n) is 1.73. The number of aliphatic hydroxyl groups excluding tert-OH is 2. The largest absolute Gasteiger partial charge is 0.389 e. The van der Waals surface area contributed by atoms with Crippen molar-refractivity contribution in [2.75, 3.05) is 19.6 Å². The van der Waals surface area contributed by atoms with Gasteiger partial charge in [0.15, 0.2) is 0 Å². The minimum atomic E-state index is -0.736. The molecule has 1 saturated heterocycles. The van der Waals surface area contributed by atoms with E-state index in [2.05, 4.69) is 5.32 Å². The van der Waals surface area contributed by atoms with Crippen molar-refractivity contribution in [3.05, 3.63) is 0 Å². The van der Waals surface area contributed by atoms with E-state index in [0.717, 1.165) is 0 Å². The highest BCUT2D eigenvalue weighted by Crippen LogP contribution is 2.13. The molecule has 0 aromatic rings. The molecule has 0 spiro atoms. The van der Waals surface area contributed by atoms with E-state index < -0.39 is 12.2 Å². The Balaban J connectivity index is 2.39. The van der Waals surface area contributed by atoms with Gasteiger partial charge in [-0.05, 0) is 12.8 Å². The van der Waals surface area contributed by atoms with Crippen LogP contribution in [0.1, 0.15) is 20.8 Å². The quantitative estimate of drug-likeness (QED) is 0.590. The van der Waals surface area contributed by atoms with Crippen LogP contribution >= 0.6 is 0 Å². The Labute approximate surface area is 96.4 Å². The molecule has 1 unspecified atom stereocenters. The van der Waals surface area contributed by atoms with Gasteiger partial charge in [0.1, 0.15) is 0 Å². The molecule has 1 aliphatic heterocycles. The summed E-state index contributed by atoms with van der Waals surface area (Å²) < 4.78 is 0. The van der Waals surface area contributed by atoms with Gasteiger partial charge in [-0.15, -0.1) is 0 Å². The van der Waals surface area contributed by atoms with Crippen LogP contribution in [0.15, 0.2) is 0 Å². The third-order valence-electron chi connectivity index (χ3n) is 2.90. The van der Waals surface area contributed by atoms with Crippen LogP contribution in [0.4, 0.5) is 0 Å². The Morgan fingerprint density at radius 2 is 1.81 bits per heavy atom. The number of hydrogen-bond donors (Lipinski definition) is 3. The van der Waals surface area contributed by atoms with Crippen molar-refractivity contribution in [3.63, 3.8) is 0 Å². The zero-order valence-corrected chi connectivity index (χ0v) is 10.2. The van der Waals surface area contributed by atoms with E-state index in [1.807, 2.05) is 13.8 Å². The van der Waals surface area contributed by atoms with Crippen LogP contribution < -0.4 is 5.32 Å². The molecule has 16 heavy (non-hydrogen) atoms. The molecule has 0 radical (unpaired) electrons. The van der Waals surface area contributed by atoms with E-state index in [1.54, 1.807) is 11.8 Å². The standard InChI is InChI=1S/C11H22N2O3/c1-7(2)4-12-11(16)8(3)13-5-9(14)10(15)6-13/h7-10,14-15H,4-6H2,1-3H3,(H,12,16)/t8?,9-,10+. The Kier molecular flexibility index (Phi) is 4.70. The first-order valence-electron chi connectivity index (χ1n) is 5.79. The highest BCUT2D eigenvalue weighted by atomic mass is 16.3. The molecule has 1 amide bonds. The number of rotatable bonds is 4. The zero-order chi connectivity index (χ0) is 12.3. The molecule has 3 atom stereocenters. The summed E-state index contributed by atoms with van der Waals surface area (Å²) in [5, 5.41) is 21.6. The van der Waals surface area contributed by atoms with Crippen LogP contribution in [0.25, 0.3) is 0 Å². The second-order valence-corrected chi connectivity index (χ2v) is 4.90. The van der Waals surface area contributed by atoms with Gasteiger partial charge in [-0.3, -0.25) is 9.69 Å². The van der Waals surface area contributed by atoms with E-state index in [-0.39, 0.29) is 11.9 Å². The molecule has 1 rings (SSSR count). The lowest BCUT2D eigenvalue weighted by Crippen LogP contribution is -2.45. The van der Waals surface area contributed by atoms with Gasteiger partial charge in [0, 0.05) is 19.6 Å². The summed E-state index contributed by atoms with van der Waals surface area (Å²) in [4.78, 5) is 13.5. The van der Waals surface area contributed by atoms with Crippen molar-refractivity contribution in [1.82, 2.24) is 10.2 Å². The lowest BCUT2D eigenvalue weighted by Gasteiger charge is -2.23. The number of β-amino-alcohol motifs (C(OH)–C–C–N with tert-alkyl or cyclic N) is 2. The Morgan fingerprint density at radius 1 is 1.31 bits per heavy atom. The summed E-state index contributed by atoms with van der Waals surface area (Å²) in [6.45, 7) is 7.24. The number of likely N-dealkylation sites (tertiary alicyclic amines) is 1. The smallest absolute Gasteiger partial charge is 0.237 e. The van der Waals surface area contributed by atoms with Gasteiger partial charge >= 0.3 is 0 Å². The maximum Gasteiger partial charge on any atom is 0.237 e. The molecule has 1 heterocycles. The molecule has 1 fully saturated rings. The molecular formula is C11H22N2O3. The van der Waals surface area contributed by atoms with E-state index in [1.165, 1.54) is 0 Å². The molecule has 5 heteroatoms. The second kappa shape index (κ2) is 5.61. The minimum absolute atomic E-state index is 0.0463. The molecule has 94 valence electrons. The maximum absolute atomic E-state index is 11.7. The number of hydrogen-bond acceptors (Lipinski definition) is 4. The average molecular weight is 230 g/mol. The first-order valence-corrected chi connectivity index (χ1v) is 5.79. The highest BCUT2D eigenvalue weighted by Gasteiger charge is 2.34. The van der Waals surface area contributed by atoms with Crippen LogP contribution in [0.2, 0.25) is 0 Å². The fourth-order valence-corrected chi connectivity index (χ4v) is 1.73. The number of aliphatic hydroxyl groups is 2. The molecular weight excluding hydrogens is 208 g/mol. The molecule has 0 aliphatic carbocycles. The van der Waals surface area contributed by atoms with Crippen molar-refractivity contribution in [3.8, 4) is 0 Å². The number of carbonyl (C=O) groups excluding carboxylic acids is 1. The summed E-state index contributed by atoms with van der Waals surface area (Å²) in [7, 11) is 0. The summed E-state index contributed by atoms with van der Waals surface area (Å²) in [6.07, 6.45) is -1.47. The molecule has 0 saturated carbocycles. The molecule has 0 bridgehead atoms. The maximum atomic E-state index is 11.7. The monoisotopic (exact) mass is 230 g/mol. The molecule has 1 aliphatic rings. The normalized spacial score (nSPS) is 28.4. The summed E-state index contributed by atoms with van der Waals surface area (Å²) in [5.74, 6) is 0.376. The summed E-state index contributed by atoms with van der Waals surface area (Å²) in [6, 6.07) is -0.300. The van der Waals surface area contributed by atoms with E-state index in [0.29, 0.717) is 25.6 Å². The minimum Gasteiger partial charge on any atom is -0.389 e. The van der Waals surface area contributed by atoms with Crippen LogP contribution in [0, 0.1) is 5.92 Å². The number of nitrogens with one attached hydrogen (secondary N) is 1. The van der Waals surface area contributed by atoms with E-state index in [4.69, 9.17) is 0 Å². The van der Waals surface area contributed by atoms with Gasteiger partial charge < -0.3 is 15.5 Å². The summed E-state index contributed by atoms with van der Waals surface area (Å²) in [5.41, 5.74) is 0. The van der Waals surface area contributed by atoms with Gasteiger partial charge in [0.2, 0.25) is 5.91 Å². The molecule has 0 aromatic heterocycles. The third-order valence-corrected chi connectivity index (χ3v) is 2.90. The van der Waals surface area contributed by atoms with Crippen molar-refractivity contribution in [2.45, 2.75) is 39.0 Å². The number of amides is 1. The Hall–Kier alpha value is -0.650. The van der Waals surface area contributed by atoms with Gasteiger partial charge in [0.05, 0.1) is 18.2 Å². The predicted octanol–water partition coefficient (Wildman–Crippen LogP) is -0.815. The van der Waals surface area contributed by atoms with Crippen LogP contribution in [-0.4, -0.2) is 58.9 Å². The van der Waals surface area contributed by atoms with Crippen molar-refractivity contribution in [2.24, 2.45) is 5.92 Å². The first-order chi connectivity index (χ1) is 7.41. The van der Waals surface area contributed by atoms with Gasteiger partial charge in [-0.25, -0.2) is 0 Å². The fraction of sp³-hybridized carbons (Fsp3) is 0.909. The van der Waals surface area contributed by atoms with Gasteiger partial charge in [0.25, 0.3) is 0 Å². The first kappa shape index (κ1) is 13.4. The van der Waals surface area contributed by atoms with Gasteiger partial charge in [-0.2, -0.15) is 0 Å². The van der Waals surface area contributed by atoms with Crippen LogP contribution in [0.5, 0.6) is 0 Å². The van der Waals surface area contributed by atoms with E-state index in [9.17, 15) is 15.0 Å². The SMILES string of the molecule is CC(C)CNC(=O)C(C)N1C[C@@H](O)[C@@H](O)C1. The molecule has 0 aromatic carbocycles.